The van der Waals surface area contributed by atoms with Crippen LogP contribution >= 0.6 is 39.7 Å². The molecule has 2 rings (SSSR count). The Hall–Kier alpha value is -0.350. The van der Waals surface area contributed by atoms with Gasteiger partial charge >= 0.3 is 0 Å². The van der Waals surface area contributed by atoms with E-state index in [0.29, 0.717) is 0 Å². The Kier molecular flexibility index (Phi) is 4.99. The maximum Gasteiger partial charge on any atom is 0.0560 e. The molecule has 0 bridgehead atoms. The van der Waals surface area contributed by atoms with Crippen molar-refractivity contribution in [3.8, 4) is 0 Å². The fraction of sp³-hybridized carbons (Fsp3) is 0.167. The zero-order valence-corrected chi connectivity index (χ0v) is 12.0. The van der Waals surface area contributed by atoms with Crippen LogP contribution in [0.25, 0.3) is 0 Å². The Morgan fingerprint density at radius 3 is 2.56 bits per heavy atom. The van der Waals surface area contributed by atoms with Crippen LogP contribution < -0.4 is 5.73 Å². The zero-order chi connectivity index (χ0) is 10.8. The Morgan fingerprint density at radius 1 is 1.25 bits per heavy atom. The third-order valence-electron chi connectivity index (χ3n) is 2.46. The second-order valence-corrected chi connectivity index (χ2v) is 5.18. The van der Waals surface area contributed by atoms with E-state index in [0.717, 1.165) is 10.0 Å². The highest BCUT2D eigenvalue weighted by molar-refractivity contribution is 9.10. The molecule has 0 saturated heterocycles. The van der Waals surface area contributed by atoms with E-state index in [1.807, 2.05) is 0 Å². The quantitative estimate of drug-likeness (QED) is 0.878. The lowest BCUT2D eigenvalue weighted by molar-refractivity contribution is 0.875. The third-order valence-corrected chi connectivity index (χ3v) is 4.01. The molecule has 0 aliphatic carbocycles. The lowest BCUT2D eigenvalue weighted by Gasteiger charge is -2.11. The summed E-state index contributed by atoms with van der Waals surface area (Å²) < 4.78 is 1.12. The molecule has 0 radical (unpaired) electrons. The van der Waals surface area contributed by atoms with Gasteiger partial charge in [-0.05, 0) is 46.5 Å². The van der Waals surface area contributed by atoms with Crippen LogP contribution in [-0.2, 0) is 0 Å². The largest absolute Gasteiger partial charge is 0.320 e. The van der Waals surface area contributed by atoms with E-state index in [-0.39, 0.29) is 18.4 Å². The molecule has 1 aromatic heterocycles. The van der Waals surface area contributed by atoms with Crippen LogP contribution in [0.1, 0.15) is 22.7 Å². The van der Waals surface area contributed by atoms with Gasteiger partial charge in [0.2, 0.25) is 0 Å². The van der Waals surface area contributed by atoms with Gasteiger partial charge in [0.25, 0.3) is 0 Å². The van der Waals surface area contributed by atoms with Gasteiger partial charge in [-0.25, -0.2) is 0 Å². The first-order valence-corrected chi connectivity index (χ1v) is 6.46. The molecule has 86 valence electrons. The van der Waals surface area contributed by atoms with Crippen LogP contribution in [0, 0.1) is 6.92 Å². The summed E-state index contributed by atoms with van der Waals surface area (Å²) in [5.41, 5.74) is 9.72. The predicted molar refractivity (Wildman–Crippen MR) is 76.5 cm³/mol. The van der Waals surface area contributed by atoms with Crippen LogP contribution in [0.2, 0.25) is 0 Å². The van der Waals surface area contributed by atoms with E-state index in [1.54, 1.807) is 11.3 Å². The highest BCUT2D eigenvalue weighted by atomic mass is 79.9. The van der Waals surface area contributed by atoms with E-state index >= 15 is 0 Å². The minimum atomic E-state index is -0.0202. The number of nitrogens with two attached hydrogens (primary N) is 1. The number of hydrogen-bond donors (Lipinski definition) is 1. The normalized spacial score (nSPS) is 11.9. The Morgan fingerprint density at radius 2 is 2.00 bits per heavy atom. The van der Waals surface area contributed by atoms with Crippen molar-refractivity contribution in [2.45, 2.75) is 13.0 Å². The molecule has 0 unspecified atom stereocenters. The summed E-state index contributed by atoms with van der Waals surface area (Å²) in [6, 6.07) is 8.32. The van der Waals surface area contributed by atoms with Gasteiger partial charge in [0.05, 0.1) is 6.04 Å². The molecular formula is C12H13BrClNS. The van der Waals surface area contributed by atoms with Crippen molar-refractivity contribution < 1.29 is 0 Å². The van der Waals surface area contributed by atoms with Crippen molar-refractivity contribution in [1.82, 2.24) is 0 Å². The number of halogens is 2. The average Bonchev–Trinajstić information content (AvgIpc) is 2.74. The molecule has 4 heteroatoms. The van der Waals surface area contributed by atoms with Gasteiger partial charge in [-0.3, -0.25) is 0 Å². The first kappa shape index (κ1) is 13.7. The van der Waals surface area contributed by atoms with Crippen molar-refractivity contribution in [2.24, 2.45) is 5.73 Å². The summed E-state index contributed by atoms with van der Waals surface area (Å²) in [7, 11) is 0. The Bertz CT molecular complexity index is 456. The molecule has 0 aliphatic rings. The minimum absolute atomic E-state index is 0. The molecule has 1 aromatic carbocycles. The smallest absolute Gasteiger partial charge is 0.0560 e. The van der Waals surface area contributed by atoms with Gasteiger partial charge < -0.3 is 5.73 Å². The van der Waals surface area contributed by atoms with Gasteiger partial charge in [-0.2, -0.15) is 11.3 Å². The number of aryl methyl sites for hydroxylation is 1. The number of thiophene rings is 1. The fourth-order valence-corrected chi connectivity index (χ4v) is 2.54. The first-order chi connectivity index (χ1) is 7.18. The monoisotopic (exact) mass is 317 g/mol. The van der Waals surface area contributed by atoms with Gasteiger partial charge in [0.15, 0.2) is 0 Å². The number of rotatable bonds is 2. The molecule has 2 aromatic rings. The molecule has 1 heterocycles. The van der Waals surface area contributed by atoms with Crippen molar-refractivity contribution in [1.29, 1.82) is 0 Å². The molecule has 1 atom stereocenters. The summed E-state index contributed by atoms with van der Waals surface area (Å²) in [6.45, 7) is 2.07. The van der Waals surface area contributed by atoms with Gasteiger partial charge in [-0.1, -0.05) is 28.1 Å². The van der Waals surface area contributed by atoms with E-state index in [1.165, 1.54) is 11.1 Å². The van der Waals surface area contributed by atoms with Gasteiger partial charge in [-0.15, -0.1) is 12.4 Å². The molecule has 2 N–H and O–H groups in total. The van der Waals surface area contributed by atoms with E-state index in [2.05, 4.69) is 57.9 Å². The molecule has 0 saturated carbocycles. The second kappa shape index (κ2) is 5.82. The molecule has 16 heavy (non-hydrogen) atoms. The van der Waals surface area contributed by atoms with Crippen molar-refractivity contribution in [2.75, 3.05) is 0 Å². The average molecular weight is 319 g/mol. The van der Waals surface area contributed by atoms with E-state index in [4.69, 9.17) is 5.73 Å². The predicted octanol–water partition coefficient (Wildman–Crippen LogP) is 4.29. The summed E-state index contributed by atoms with van der Waals surface area (Å²) in [5.74, 6) is 0. The third kappa shape index (κ3) is 2.86. The topological polar surface area (TPSA) is 26.0 Å². The van der Waals surface area contributed by atoms with E-state index < -0.39 is 0 Å². The Labute approximate surface area is 114 Å². The van der Waals surface area contributed by atoms with Crippen LogP contribution in [0.15, 0.2) is 39.5 Å². The van der Waals surface area contributed by atoms with Gasteiger partial charge in [0.1, 0.15) is 0 Å². The molecule has 0 spiro atoms. The highest BCUT2D eigenvalue weighted by Crippen LogP contribution is 2.25. The van der Waals surface area contributed by atoms with Crippen molar-refractivity contribution >= 4 is 39.7 Å². The van der Waals surface area contributed by atoms with E-state index in [9.17, 15) is 0 Å². The van der Waals surface area contributed by atoms with Gasteiger partial charge in [0, 0.05) is 4.47 Å². The fourth-order valence-electron chi connectivity index (χ4n) is 1.45. The standard InChI is InChI=1S/C12H12BrNS.ClH/c1-8-2-3-9(6-11(8)13)12(14)10-4-5-15-7-10;/h2-7,12H,14H2,1H3;1H/t12-;/m0./s1. The summed E-state index contributed by atoms with van der Waals surface area (Å²) in [6.07, 6.45) is 0. The molecule has 1 nitrogen and oxygen atoms in total. The second-order valence-electron chi connectivity index (χ2n) is 3.54. The SMILES string of the molecule is Cc1ccc([C@H](N)c2ccsc2)cc1Br.Cl. The summed E-state index contributed by atoms with van der Waals surface area (Å²) in [4.78, 5) is 0. The molecule has 0 fully saturated rings. The highest BCUT2D eigenvalue weighted by Gasteiger charge is 2.09. The lowest BCUT2D eigenvalue weighted by Crippen LogP contribution is -2.10. The van der Waals surface area contributed by atoms with Crippen LogP contribution in [0.3, 0.4) is 0 Å². The number of benzene rings is 1. The first-order valence-electron chi connectivity index (χ1n) is 4.72. The maximum absolute atomic E-state index is 6.17. The molecule has 0 amide bonds. The maximum atomic E-state index is 6.17. The number of hydrogen-bond acceptors (Lipinski definition) is 2. The van der Waals surface area contributed by atoms with Crippen LogP contribution in [0.4, 0.5) is 0 Å². The summed E-state index contributed by atoms with van der Waals surface area (Å²) in [5, 5.41) is 4.15. The Balaban J connectivity index is 0.00000128. The zero-order valence-electron chi connectivity index (χ0n) is 8.81. The molecule has 0 aliphatic heterocycles. The minimum Gasteiger partial charge on any atom is -0.320 e. The van der Waals surface area contributed by atoms with Crippen LogP contribution in [-0.4, -0.2) is 0 Å². The van der Waals surface area contributed by atoms with Crippen molar-refractivity contribution in [3.05, 3.63) is 56.2 Å². The molecular weight excluding hydrogens is 306 g/mol. The van der Waals surface area contributed by atoms with Crippen LogP contribution in [0.5, 0.6) is 0 Å². The summed E-state index contributed by atoms with van der Waals surface area (Å²) >= 11 is 5.20. The van der Waals surface area contributed by atoms with Crippen molar-refractivity contribution in [3.63, 3.8) is 0 Å². The lowest BCUT2D eigenvalue weighted by atomic mass is 10.0.